The molecule has 0 saturated carbocycles. The topological polar surface area (TPSA) is 41.1 Å². The number of benzene rings is 2. The van der Waals surface area contributed by atoms with E-state index in [-0.39, 0.29) is 5.91 Å². The average molecular weight is 303 g/mol. The van der Waals surface area contributed by atoms with E-state index in [1.807, 2.05) is 24.3 Å². The Kier molecular flexibility index (Phi) is 5.23. The van der Waals surface area contributed by atoms with Crippen molar-refractivity contribution in [2.24, 2.45) is 0 Å². The van der Waals surface area contributed by atoms with Gasteiger partial charge in [-0.05, 0) is 29.7 Å². The van der Waals surface area contributed by atoms with Gasteiger partial charge in [0.05, 0.1) is 10.6 Å². The fourth-order valence-electron chi connectivity index (χ4n) is 2.11. The molecule has 0 aliphatic rings. The molecule has 2 aromatic rings. The SMILES string of the molecule is CNC(=O)c1cc(NCC(C)c2ccccc2)ccc1Cl. The number of nitrogens with one attached hydrogen (secondary N) is 2. The second-order valence-corrected chi connectivity index (χ2v) is 5.37. The molecule has 2 rings (SSSR count). The van der Waals surface area contributed by atoms with Gasteiger partial charge in [-0.3, -0.25) is 4.79 Å². The van der Waals surface area contributed by atoms with E-state index in [1.54, 1.807) is 19.2 Å². The highest BCUT2D eigenvalue weighted by Gasteiger charge is 2.10. The van der Waals surface area contributed by atoms with Crippen molar-refractivity contribution in [2.45, 2.75) is 12.8 Å². The van der Waals surface area contributed by atoms with Gasteiger partial charge in [-0.2, -0.15) is 0 Å². The second kappa shape index (κ2) is 7.14. The highest BCUT2D eigenvalue weighted by Crippen LogP contribution is 2.22. The molecule has 0 spiro atoms. The van der Waals surface area contributed by atoms with Crippen LogP contribution >= 0.6 is 11.6 Å². The average Bonchev–Trinajstić information content (AvgIpc) is 2.53. The van der Waals surface area contributed by atoms with Crippen LogP contribution in [0, 0.1) is 0 Å². The van der Waals surface area contributed by atoms with Gasteiger partial charge in [0.1, 0.15) is 0 Å². The molecule has 2 N–H and O–H groups in total. The van der Waals surface area contributed by atoms with Gasteiger partial charge in [0, 0.05) is 19.3 Å². The van der Waals surface area contributed by atoms with Crippen molar-refractivity contribution in [3.05, 3.63) is 64.7 Å². The van der Waals surface area contributed by atoms with Crippen LogP contribution in [0.1, 0.15) is 28.8 Å². The van der Waals surface area contributed by atoms with Gasteiger partial charge >= 0.3 is 0 Å². The van der Waals surface area contributed by atoms with Gasteiger partial charge in [-0.1, -0.05) is 48.9 Å². The molecular formula is C17H19ClN2O. The molecule has 2 aromatic carbocycles. The van der Waals surface area contributed by atoms with Crippen LogP contribution in [-0.4, -0.2) is 19.5 Å². The molecule has 1 atom stereocenters. The third-order valence-corrected chi connectivity index (χ3v) is 3.75. The fourth-order valence-corrected chi connectivity index (χ4v) is 2.32. The van der Waals surface area contributed by atoms with Gasteiger partial charge in [0.2, 0.25) is 0 Å². The van der Waals surface area contributed by atoms with E-state index in [0.29, 0.717) is 16.5 Å². The lowest BCUT2D eigenvalue weighted by Crippen LogP contribution is -2.18. The van der Waals surface area contributed by atoms with E-state index < -0.39 is 0 Å². The number of rotatable bonds is 5. The van der Waals surface area contributed by atoms with Crippen molar-refractivity contribution in [3.63, 3.8) is 0 Å². The zero-order valence-corrected chi connectivity index (χ0v) is 12.9. The number of anilines is 1. The molecule has 3 nitrogen and oxygen atoms in total. The predicted molar refractivity (Wildman–Crippen MR) is 88.2 cm³/mol. The Morgan fingerprint density at radius 2 is 1.90 bits per heavy atom. The Morgan fingerprint density at radius 3 is 2.57 bits per heavy atom. The number of amides is 1. The van der Waals surface area contributed by atoms with E-state index in [1.165, 1.54) is 5.56 Å². The van der Waals surface area contributed by atoms with Crippen LogP contribution in [0.3, 0.4) is 0 Å². The summed E-state index contributed by atoms with van der Waals surface area (Å²) < 4.78 is 0. The zero-order valence-electron chi connectivity index (χ0n) is 12.2. The Bertz CT molecular complexity index is 613. The molecule has 0 saturated heterocycles. The molecule has 0 aliphatic heterocycles. The maximum Gasteiger partial charge on any atom is 0.252 e. The van der Waals surface area contributed by atoms with Crippen molar-refractivity contribution in [1.29, 1.82) is 0 Å². The Morgan fingerprint density at radius 1 is 1.19 bits per heavy atom. The summed E-state index contributed by atoms with van der Waals surface area (Å²) in [7, 11) is 1.59. The molecule has 0 radical (unpaired) electrons. The summed E-state index contributed by atoms with van der Waals surface area (Å²) in [5.41, 5.74) is 2.66. The third kappa shape index (κ3) is 3.99. The van der Waals surface area contributed by atoms with Crippen molar-refractivity contribution in [1.82, 2.24) is 5.32 Å². The quantitative estimate of drug-likeness (QED) is 0.879. The van der Waals surface area contributed by atoms with Gasteiger partial charge in [0.25, 0.3) is 5.91 Å². The Labute approximate surface area is 130 Å². The molecule has 0 fully saturated rings. The first kappa shape index (κ1) is 15.4. The van der Waals surface area contributed by atoms with Crippen molar-refractivity contribution < 1.29 is 4.79 Å². The minimum absolute atomic E-state index is 0.181. The van der Waals surface area contributed by atoms with E-state index in [4.69, 9.17) is 11.6 Å². The largest absolute Gasteiger partial charge is 0.384 e. The maximum atomic E-state index is 11.7. The van der Waals surface area contributed by atoms with Crippen LogP contribution in [0.2, 0.25) is 5.02 Å². The molecule has 0 aromatic heterocycles. The summed E-state index contributed by atoms with van der Waals surface area (Å²) >= 11 is 6.04. The highest BCUT2D eigenvalue weighted by atomic mass is 35.5. The normalized spacial score (nSPS) is 11.8. The standard InChI is InChI=1S/C17H19ClN2O/c1-12(13-6-4-3-5-7-13)11-20-14-8-9-16(18)15(10-14)17(21)19-2/h3-10,12,20H,11H2,1-2H3,(H,19,21). The number of hydrogen-bond donors (Lipinski definition) is 2. The maximum absolute atomic E-state index is 11.7. The van der Waals surface area contributed by atoms with Gasteiger partial charge in [-0.15, -0.1) is 0 Å². The highest BCUT2D eigenvalue weighted by molar-refractivity contribution is 6.34. The van der Waals surface area contributed by atoms with Crippen LogP contribution < -0.4 is 10.6 Å². The van der Waals surface area contributed by atoms with Crippen LogP contribution in [0.5, 0.6) is 0 Å². The fraction of sp³-hybridized carbons (Fsp3) is 0.235. The number of carbonyl (C=O) groups is 1. The van der Waals surface area contributed by atoms with E-state index in [0.717, 1.165) is 12.2 Å². The minimum Gasteiger partial charge on any atom is -0.384 e. The van der Waals surface area contributed by atoms with E-state index in [2.05, 4.69) is 29.7 Å². The lowest BCUT2D eigenvalue weighted by atomic mass is 10.0. The molecule has 0 heterocycles. The first-order chi connectivity index (χ1) is 10.1. The Balaban J connectivity index is 2.05. The molecule has 110 valence electrons. The van der Waals surface area contributed by atoms with Gasteiger partial charge < -0.3 is 10.6 Å². The summed E-state index contributed by atoms with van der Waals surface area (Å²) in [6, 6.07) is 15.7. The third-order valence-electron chi connectivity index (χ3n) is 3.42. The zero-order chi connectivity index (χ0) is 15.2. The summed E-state index contributed by atoms with van der Waals surface area (Å²) in [4.78, 5) is 11.7. The van der Waals surface area contributed by atoms with Crippen LogP contribution in [0.4, 0.5) is 5.69 Å². The van der Waals surface area contributed by atoms with Crippen molar-refractivity contribution in [3.8, 4) is 0 Å². The van der Waals surface area contributed by atoms with Crippen molar-refractivity contribution >= 4 is 23.2 Å². The minimum atomic E-state index is -0.181. The van der Waals surface area contributed by atoms with Crippen LogP contribution in [0.25, 0.3) is 0 Å². The molecule has 1 amide bonds. The van der Waals surface area contributed by atoms with Gasteiger partial charge in [-0.25, -0.2) is 0 Å². The molecule has 0 bridgehead atoms. The van der Waals surface area contributed by atoms with E-state index in [9.17, 15) is 4.79 Å². The molecule has 0 aliphatic carbocycles. The number of hydrogen-bond acceptors (Lipinski definition) is 2. The molecule has 4 heteroatoms. The molecule has 21 heavy (non-hydrogen) atoms. The summed E-state index contributed by atoms with van der Waals surface area (Å²) in [5, 5.41) is 6.39. The Hall–Kier alpha value is -2.00. The predicted octanol–water partition coefficient (Wildman–Crippen LogP) is 3.92. The monoisotopic (exact) mass is 302 g/mol. The van der Waals surface area contributed by atoms with E-state index >= 15 is 0 Å². The van der Waals surface area contributed by atoms with Crippen LogP contribution in [-0.2, 0) is 0 Å². The number of halogens is 1. The second-order valence-electron chi connectivity index (χ2n) is 4.97. The van der Waals surface area contributed by atoms with Crippen molar-refractivity contribution in [2.75, 3.05) is 18.9 Å². The van der Waals surface area contributed by atoms with Crippen LogP contribution in [0.15, 0.2) is 48.5 Å². The lowest BCUT2D eigenvalue weighted by Gasteiger charge is -2.15. The smallest absolute Gasteiger partial charge is 0.252 e. The molecule has 1 unspecified atom stereocenters. The van der Waals surface area contributed by atoms with Gasteiger partial charge in [0.15, 0.2) is 0 Å². The number of carbonyl (C=O) groups excluding carboxylic acids is 1. The lowest BCUT2D eigenvalue weighted by molar-refractivity contribution is 0.0963. The molecular weight excluding hydrogens is 284 g/mol. The summed E-state index contributed by atoms with van der Waals surface area (Å²) in [6.45, 7) is 2.96. The summed E-state index contributed by atoms with van der Waals surface area (Å²) in [6.07, 6.45) is 0. The summed E-state index contributed by atoms with van der Waals surface area (Å²) in [5.74, 6) is 0.199. The first-order valence-electron chi connectivity index (χ1n) is 6.92. The first-order valence-corrected chi connectivity index (χ1v) is 7.30.